The normalized spacial score (nSPS) is 25.9. The second-order valence-corrected chi connectivity index (χ2v) is 3.38. The van der Waals surface area contributed by atoms with Gasteiger partial charge in [-0.05, 0) is 12.5 Å². The van der Waals surface area contributed by atoms with Crippen molar-refractivity contribution < 1.29 is 19.4 Å². The van der Waals surface area contributed by atoms with Gasteiger partial charge in [0, 0.05) is 16.9 Å². The minimum Gasteiger partial charge on any atom is -0.478 e. The molecule has 0 radical (unpaired) electrons. The van der Waals surface area contributed by atoms with Gasteiger partial charge in [-0.1, -0.05) is 11.2 Å². The molecule has 7 nitrogen and oxygen atoms in total. The highest BCUT2D eigenvalue weighted by atomic mass is 16.7. The summed E-state index contributed by atoms with van der Waals surface area (Å²) >= 11 is 0. The standard InChI is InChI=1S/C9H13N3O4/c1-6(9(13)14)2-3-8-15-4-7(5-16-8)11-12-10/h2,7-8H,3-5H2,1H3,(H,13,14)/b6-2+. The summed E-state index contributed by atoms with van der Waals surface area (Å²) in [6, 6.07) is -0.300. The summed E-state index contributed by atoms with van der Waals surface area (Å²) < 4.78 is 10.5. The highest BCUT2D eigenvalue weighted by Gasteiger charge is 2.20. The molecule has 0 aromatic heterocycles. The summed E-state index contributed by atoms with van der Waals surface area (Å²) in [4.78, 5) is 13.2. The second-order valence-electron chi connectivity index (χ2n) is 3.38. The predicted octanol–water partition coefficient (Wildman–Crippen LogP) is 1.46. The molecule has 0 unspecified atom stereocenters. The van der Waals surface area contributed by atoms with Crippen LogP contribution in [0.2, 0.25) is 0 Å². The van der Waals surface area contributed by atoms with Crippen LogP contribution in [0.25, 0.3) is 10.4 Å². The van der Waals surface area contributed by atoms with Crippen LogP contribution in [0, 0.1) is 0 Å². The van der Waals surface area contributed by atoms with Crippen LogP contribution >= 0.6 is 0 Å². The molecule has 0 spiro atoms. The number of azide groups is 1. The molecule has 7 heteroatoms. The Morgan fingerprint density at radius 1 is 1.62 bits per heavy atom. The van der Waals surface area contributed by atoms with Crippen LogP contribution in [0.15, 0.2) is 16.8 Å². The van der Waals surface area contributed by atoms with Crippen molar-refractivity contribution >= 4 is 5.97 Å². The van der Waals surface area contributed by atoms with E-state index in [1.165, 1.54) is 6.92 Å². The number of carboxylic acids is 1. The van der Waals surface area contributed by atoms with E-state index in [1.54, 1.807) is 6.08 Å². The van der Waals surface area contributed by atoms with Crippen molar-refractivity contribution in [1.82, 2.24) is 0 Å². The van der Waals surface area contributed by atoms with Crippen molar-refractivity contribution in [2.24, 2.45) is 5.11 Å². The molecule has 1 saturated heterocycles. The first-order valence-electron chi connectivity index (χ1n) is 4.81. The van der Waals surface area contributed by atoms with Crippen molar-refractivity contribution in [3.63, 3.8) is 0 Å². The molecule has 1 heterocycles. The maximum atomic E-state index is 10.5. The van der Waals surface area contributed by atoms with Crippen molar-refractivity contribution in [2.75, 3.05) is 13.2 Å². The quantitative estimate of drug-likeness (QED) is 0.339. The summed E-state index contributed by atoms with van der Waals surface area (Å²) in [5.41, 5.74) is 8.45. The fraction of sp³-hybridized carbons (Fsp3) is 0.667. The van der Waals surface area contributed by atoms with Crippen LogP contribution in [0.4, 0.5) is 0 Å². The van der Waals surface area contributed by atoms with E-state index >= 15 is 0 Å². The lowest BCUT2D eigenvalue weighted by molar-refractivity contribution is -0.182. The molecule has 0 amide bonds. The Bertz CT molecular complexity index is 328. The van der Waals surface area contributed by atoms with Gasteiger partial charge in [0.25, 0.3) is 0 Å². The topological polar surface area (TPSA) is 105 Å². The fourth-order valence-electron chi connectivity index (χ4n) is 1.17. The lowest BCUT2D eigenvalue weighted by atomic mass is 10.2. The van der Waals surface area contributed by atoms with E-state index in [4.69, 9.17) is 20.1 Å². The number of nitrogens with zero attached hydrogens (tertiary/aromatic N) is 3. The van der Waals surface area contributed by atoms with Crippen LogP contribution in [0.5, 0.6) is 0 Å². The van der Waals surface area contributed by atoms with Gasteiger partial charge in [-0.15, -0.1) is 0 Å². The van der Waals surface area contributed by atoms with E-state index in [9.17, 15) is 4.79 Å². The third kappa shape index (κ3) is 3.90. The maximum absolute atomic E-state index is 10.5. The average Bonchev–Trinajstić information content (AvgIpc) is 2.28. The minimum atomic E-state index is -0.956. The molecule has 0 bridgehead atoms. The van der Waals surface area contributed by atoms with Gasteiger partial charge in [-0.2, -0.15) is 0 Å². The second kappa shape index (κ2) is 6.12. The van der Waals surface area contributed by atoms with Crippen molar-refractivity contribution in [2.45, 2.75) is 25.7 Å². The average molecular weight is 227 g/mol. The first-order chi connectivity index (χ1) is 7.63. The van der Waals surface area contributed by atoms with Crippen LogP contribution < -0.4 is 0 Å². The zero-order chi connectivity index (χ0) is 12.0. The molecule has 1 N–H and O–H groups in total. The molecule has 0 saturated carbocycles. The smallest absolute Gasteiger partial charge is 0.330 e. The van der Waals surface area contributed by atoms with Gasteiger partial charge < -0.3 is 14.6 Å². The minimum absolute atomic E-state index is 0.254. The lowest BCUT2D eigenvalue weighted by Crippen LogP contribution is -2.34. The summed E-state index contributed by atoms with van der Waals surface area (Å²) in [7, 11) is 0. The summed E-state index contributed by atoms with van der Waals surface area (Å²) in [6.45, 7) is 2.11. The molecule has 16 heavy (non-hydrogen) atoms. The Morgan fingerprint density at radius 3 is 2.75 bits per heavy atom. The molecule has 0 aliphatic carbocycles. The molecule has 1 aliphatic rings. The molecule has 1 fully saturated rings. The zero-order valence-electron chi connectivity index (χ0n) is 8.87. The number of hydrogen-bond donors (Lipinski definition) is 1. The Morgan fingerprint density at radius 2 is 2.25 bits per heavy atom. The third-order valence-electron chi connectivity index (χ3n) is 2.12. The summed E-state index contributed by atoms with van der Waals surface area (Å²) in [5.74, 6) is -0.956. The zero-order valence-corrected chi connectivity index (χ0v) is 8.87. The lowest BCUT2D eigenvalue weighted by Gasteiger charge is -2.26. The summed E-state index contributed by atoms with van der Waals surface area (Å²) in [6.07, 6.45) is 1.46. The van der Waals surface area contributed by atoms with Crippen LogP contribution in [-0.4, -0.2) is 36.6 Å². The van der Waals surface area contributed by atoms with Gasteiger partial charge in [-0.25, -0.2) is 4.79 Å². The van der Waals surface area contributed by atoms with E-state index < -0.39 is 12.3 Å². The number of carbonyl (C=O) groups is 1. The van der Waals surface area contributed by atoms with Crippen LogP contribution in [-0.2, 0) is 14.3 Å². The number of aliphatic carboxylic acids is 1. The number of rotatable bonds is 4. The largest absolute Gasteiger partial charge is 0.478 e. The van der Waals surface area contributed by atoms with Crippen molar-refractivity contribution in [3.8, 4) is 0 Å². The van der Waals surface area contributed by atoms with Crippen LogP contribution in [0.1, 0.15) is 13.3 Å². The van der Waals surface area contributed by atoms with E-state index in [-0.39, 0.29) is 11.6 Å². The van der Waals surface area contributed by atoms with Gasteiger partial charge in [-0.3, -0.25) is 0 Å². The molecule has 0 atom stereocenters. The Balaban J connectivity index is 2.35. The number of ether oxygens (including phenoxy) is 2. The predicted molar refractivity (Wildman–Crippen MR) is 54.6 cm³/mol. The molecule has 0 aromatic rings. The fourth-order valence-corrected chi connectivity index (χ4v) is 1.17. The monoisotopic (exact) mass is 227 g/mol. The maximum Gasteiger partial charge on any atom is 0.330 e. The van der Waals surface area contributed by atoms with Gasteiger partial charge >= 0.3 is 5.97 Å². The molecule has 88 valence electrons. The molecular weight excluding hydrogens is 214 g/mol. The van der Waals surface area contributed by atoms with Crippen LogP contribution in [0.3, 0.4) is 0 Å². The first-order valence-corrected chi connectivity index (χ1v) is 4.81. The highest BCUT2D eigenvalue weighted by Crippen LogP contribution is 2.13. The molecule has 1 aliphatic heterocycles. The SMILES string of the molecule is C/C(=C\CC1OCC(N=[N+]=[N-])CO1)C(=O)O. The Labute approximate surface area is 92.3 Å². The first kappa shape index (κ1) is 12.5. The van der Waals surface area contributed by atoms with E-state index in [0.717, 1.165) is 0 Å². The number of carboxylic acid groups (broad SMARTS) is 1. The van der Waals surface area contributed by atoms with E-state index in [1.807, 2.05) is 0 Å². The molecule has 1 rings (SSSR count). The van der Waals surface area contributed by atoms with Crippen molar-refractivity contribution in [1.29, 1.82) is 0 Å². The Kier molecular flexibility index (Phi) is 4.78. The third-order valence-corrected chi connectivity index (χ3v) is 2.12. The number of hydrogen-bond acceptors (Lipinski definition) is 4. The molecular formula is C9H13N3O4. The highest BCUT2D eigenvalue weighted by molar-refractivity contribution is 5.85. The van der Waals surface area contributed by atoms with Crippen molar-refractivity contribution in [3.05, 3.63) is 22.1 Å². The van der Waals surface area contributed by atoms with E-state index in [2.05, 4.69) is 10.0 Å². The van der Waals surface area contributed by atoms with Gasteiger partial charge in [0.15, 0.2) is 6.29 Å². The van der Waals surface area contributed by atoms with Gasteiger partial charge in [0.05, 0.1) is 19.3 Å². The molecule has 0 aromatic carbocycles. The summed E-state index contributed by atoms with van der Waals surface area (Å²) in [5, 5.41) is 12.1. The van der Waals surface area contributed by atoms with Gasteiger partial charge in [0.2, 0.25) is 0 Å². The van der Waals surface area contributed by atoms with E-state index in [0.29, 0.717) is 19.6 Å². The van der Waals surface area contributed by atoms with Gasteiger partial charge in [0.1, 0.15) is 0 Å². The Hall–Kier alpha value is -1.56.